The highest BCUT2D eigenvalue weighted by Gasteiger charge is 2.10. The summed E-state index contributed by atoms with van der Waals surface area (Å²) in [5.41, 5.74) is 1.83. The topological polar surface area (TPSA) is 69.9 Å². The third-order valence-electron chi connectivity index (χ3n) is 3.29. The minimum absolute atomic E-state index is 0.285. The summed E-state index contributed by atoms with van der Waals surface area (Å²) in [4.78, 5) is 12.3. The van der Waals surface area contributed by atoms with Crippen LogP contribution >= 0.6 is 0 Å². The molecule has 0 atom stereocenters. The molecule has 0 N–H and O–H groups in total. The van der Waals surface area contributed by atoms with E-state index in [0.717, 1.165) is 11.8 Å². The molecule has 0 amide bonds. The zero-order valence-electron chi connectivity index (χ0n) is 12.3. The maximum Gasteiger partial charge on any atom is 0.205 e. The number of carbonyl (C=O) groups excluding carboxylic acids is 1. The Morgan fingerprint density at radius 1 is 1.26 bits per heavy atom. The van der Waals surface area contributed by atoms with Gasteiger partial charge in [0.2, 0.25) is 5.82 Å². The van der Waals surface area contributed by atoms with Crippen LogP contribution in [0.15, 0.2) is 42.5 Å². The maximum absolute atomic E-state index is 13.3. The average Bonchev–Trinajstić information content (AvgIpc) is 3.03. The number of benzene rings is 2. The zero-order valence-corrected chi connectivity index (χ0v) is 12.3. The zero-order chi connectivity index (χ0) is 16.2. The second kappa shape index (κ2) is 6.35. The molecule has 0 aliphatic carbocycles. The van der Waals surface area contributed by atoms with Crippen molar-refractivity contribution in [2.24, 2.45) is 0 Å². The molecule has 1 heterocycles. The Labute approximate surface area is 131 Å². The van der Waals surface area contributed by atoms with Gasteiger partial charge in [0.15, 0.2) is 0 Å². The minimum Gasteiger partial charge on any atom is -0.496 e. The van der Waals surface area contributed by atoms with Crippen molar-refractivity contribution in [3.05, 3.63) is 59.4 Å². The fourth-order valence-electron chi connectivity index (χ4n) is 2.20. The quantitative estimate of drug-likeness (QED) is 0.676. The first-order valence-corrected chi connectivity index (χ1v) is 6.85. The van der Waals surface area contributed by atoms with Crippen molar-refractivity contribution in [2.45, 2.75) is 6.54 Å². The molecule has 0 spiro atoms. The fraction of sp³-hybridized carbons (Fsp3) is 0.125. The predicted molar refractivity (Wildman–Crippen MR) is 80.7 cm³/mol. The van der Waals surface area contributed by atoms with Crippen molar-refractivity contribution in [3.8, 4) is 17.1 Å². The summed E-state index contributed by atoms with van der Waals surface area (Å²) in [6.45, 7) is 0.285. The molecule has 0 saturated carbocycles. The van der Waals surface area contributed by atoms with Crippen LogP contribution in [0.5, 0.6) is 5.75 Å². The van der Waals surface area contributed by atoms with Crippen molar-refractivity contribution in [2.75, 3.05) is 7.11 Å². The van der Waals surface area contributed by atoms with E-state index in [2.05, 4.69) is 15.4 Å². The molecule has 0 fully saturated rings. The van der Waals surface area contributed by atoms with Crippen molar-refractivity contribution >= 4 is 6.29 Å². The van der Waals surface area contributed by atoms with Gasteiger partial charge in [0, 0.05) is 16.7 Å². The van der Waals surface area contributed by atoms with E-state index in [-0.39, 0.29) is 12.4 Å². The molecule has 1 aromatic heterocycles. The third-order valence-corrected chi connectivity index (χ3v) is 3.29. The van der Waals surface area contributed by atoms with Crippen LogP contribution in [-0.2, 0) is 6.54 Å². The predicted octanol–water partition coefficient (Wildman–Crippen LogP) is 2.35. The molecule has 0 bridgehead atoms. The van der Waals surface area contributed by atoms with Crippen molar-refractivity contribution in [1.82, 2.24) is 20.2 Å². The molecule has 7 heteroatoms. The highest BCUT2D eigenvalue weighted by molar-refractivity contribution is 5.75. The summed E-state index contributed by atoms with van der Waals surface area (Å²) >= 11 is 0. The van der Waals surface area contributed by atoms with E-state index < -0.39 is 0 Å². The lowest BCUT2D eigenvalue weighted by Gasteiger charge is -2.07. The lowest BCUT2D eigenvalue weighted by Crippen LogP contribution is -2.06. The second-order valence-electron chi connectivity index (χ2n) is 4.84. The molecule has 6 nitrogen and oxygen atoms in total. The second-order valence-corrected chi connectivity index (χ2v) is 4.84. The molecule has 3 aromatic rings. The number of carbonyl (C=O) groups is 1. The number of ether oxygens (including phenoxy) is 1. The molecule has 0 radical (unpaired) electrons. The number of halogens is 1. The molecule has 2 aromatic carbocycles. The van der Waals surface area contributed by atoms with Gasteiger partial charge in [-0.05, 0) is 35.5 Å². The van der Waals surface area contributed by atoms with Gasteiger partial charge in [-0.15, -0.1) is 10.2 Å². The Balaban J connectivity index is 1.88. The standard InChI is InChI=1S/C16H13FN4O2/c1-23-15-6-5-11(10-22)7-13(15)9-21-19-16(18-20-21)12-3-2-4-14(17)8-12/h2-8,10H,9H2,1H3. The molecule has 0 aliphatic heterocycles. The fourth-order valence-corrected chi connectivity index (χ4v) is 2.20. The Kier molecular flexibility index (Phi) is 4.09. The highest BCUT2D eigenvalue weighted by Crippen LogP contribution is 2.20. The molecule has 3 rings (SSSR count). The Morgan fingerprint density at radius 3 is 2.87 bits per heavy atom. The number of aromatic nitrogens is 4. The van der Waals surface area contributed by atoms with Crippen molar-refractivity contribution in [1.29, 1.82) is 0 Å². The van der Waals surface area contributed by atoms with Crippen LogP contribution in [0.25, 0.3) is 11.4 Å². The molecule has 0 aliphatic rings. The molecular weight excluding hydrogens is 299 g/mol. The van der Waals surface area contributed by atoms with E-state index in [1.165, 1.54) is 16.9 Å². The summed E-state index contributed by atoms with van der Waals surface area (Å²) in [5.74, 6) is 0.592. The van der Waals surface area contributed by atoms with E-state index >= 15 is 0 Å². The lowest BCUT2D eigenvalue weighted by molar-refractivity contribution is 0.112. The monoisotopic (exact) mass is 312 g/mol. The summed E-state index contributed by atoms with van der Waals surface area (Å²) in [6.07, 6.45) is 0.760. The third kappa shape index (κ3) is 3.23. The van der Waals surface area contributed by atoms with E-state index in [1.807, 2.05) is 0 Å². The normalized spacial score (nSPS) is 10.5. The molecule has 0 saturated heterocycles. The Morgan fingerprint density at radius 2 is 2.13 bits per heavy atom. The van der Waals surface area contributed by atoms with Gasteiger partial charge >= 0.3 is 0 Å². The van der Waals surface area contributed by atoms with Gasteiger partial charge in [0.05, 0.1) is 13.7 Å². The van der Waals surface area contributed by atoms with Crippen molar-refractivity contribution < 1.29 is 13.9 Å². The van der Waals surface area contributed by atoms with Gasteiger partial charge in [-0.1, -0.05) is 12.1 Å². The average molecular weight is 312 g/mol. The number of tetrazole rings is 1. The lowest BCUT2D eigenvalue weighted by atomic mass is 10.1. The number of hydrogen-bond donors (Lipinski definition) is 0. The van der Waals surface area contributed by atoms with E-state index in [1.54, 1.807) is 37.4 Å². The summed E-state index contributed by atoms with van der Waals surface area (Å²) in [5, 5.41) is 12.1. The summed E-state index contributed by atoms with van der Waals surface area (Å²) in [6, 6.07) is 11.1. The number of methoxy groups -OCH3 is 1. The van der Waals surface area contributed by atoms with Crippen LogP contribution < -0.4 is 4.74 Å². The Bertz CT molecular complexity index is 848. The van der Waals surface area contributed by atoms with Crippen LogP contribution in [0.3, 0.4) is 0 Å². The van der Waals surface area contributed by atoms with E-state index in [0.29, 0.717) is 22.7 Å². The SMILES string of the molecule is COc1ccc(C=O)cc1Cn1nnc(-c2cccc(F)c2)n1. The largest absolute Gasteiger partial charge is 0.496 e. The molecule has 0 unspecified atom stereocenters. The maximum atomic E-state index is 13.3. The van der Waals surface area contributed by atoms with E-state index in [9.17, 15) is 9.18 Å². The first-order chi connectivity index (χ1) is 11.2. The van der Waals surface area contributed by atoms with Gasteiger partial charge in [-0.2, -0.15) is 4.80 Å². The minimum atomic E-state index is -0.362. The number of aldehydes is 1. The van der Waals surface area contributed by atoms with Gasteiger partial charge in [0.1, 0.15) is 17.9 Å². The van der Waals surface area contributed by atoms with Gasteiger partial charge in [-0.25, -0.2) is 4.39 Å². The van der Waals surface area contributed by atoms with Crippen LogP contribution in [0.4, 0.5) is 4.39 Å². The molecular formula is C16H13FN4O2. The van der Waals surface area contributed by atoms with Gasteiger partial charge in [0.25, 0.3) is 0 Å². The van der Waals surface area contributed by atoms with Crippen molar-refractivity contribution in [3.63, 3.8) is 0 Å². The first kappa shape index (κ1) is 14.8. The van der Waals surface area contributed by atoms with Crippen LogP contribution in [-0.4, -0.2) is 33.6 Å². The number of hydrogen-bond acceptors (Lipinski definition) is 5. The first-order valence-electron chi connectivity index (χ1n) is 6.85. The summed E-state index contributed by atoms with van der Waals surface area (Å²) < 4.78 is 18.5. The number of rotatable bonds is 5. The summed E-state index contributed by atoms with van der Waals surface area (Å²) in [7, 11) is 1.55. The highest BCUT2D eigenvalue weighted by atomic mass is 19.1. The Hall–Kier alpha value is -3.09. The molecule has 116 valence electrons. The van der Waals surface area contributed by atoms with Crippen LogP contribution in [0, 0.1) is 5.82 Å². The van der Waals surface area contributed by atoms with Crippen LogP contribution in [0.1, 0.15) is 15.9 Å². The van der Waals surface area contributed by atoms with Gasteiger partial charge < -0.3 is 4.74 Å². The van der Waals surface area contributed by atoms with Gasteiger partial charge in [-0.3, -0.25) is 4.79 Å². The smallest absolute Gasteiger partial charge is 0.205 e. The van der Waals surface area contributed by atoms with E-state index in [4.69, 9.17) is 4.74 Å². The number of nitrogens with zero attached hydrogens (tertiary/aromatic N) is 4. The van der Waals surface area contributed by atoms with Crippen LogP contribution in [0.2, 0.25) is 0 Å². The molecule has 23 heavy (non-hydrogen) atoms.